The molecular formula is C24H38N4O5. The highest BCUT2D eigenvalue weighted by Gasteiger charge is 2.36. The summed E-state index contributed by atoms with van der Waals surface area (Å²) in [6, 6.07) is 6.56. The molecule has 0 aliphatic rings. The van der Waals surface area contributed by atoms with Crippen LogP contribution in [0.1, 0.15) is 72.4 Å². The number of rotatable bonds is 11. The monoisotopic (exact) mass is 462 g/mol. The summed E-state index contributed by atoms with van der Waals surface area (Å²) in [4.78, 5) is 52.4. The summed E-state index contributed by atoms with van der Waals surface area (Å²) in [6.07, 6.45) is 0.130. The zero-order valence-corrected chi connectivity index (χ0v) is 20.5. The van der Waals surface area contributed by atoms with E-state index in [1.807, 2.05) is 26.8 Å². The number of unbranched alkanes of at least 4 members (excludes halogenated alkanes) is 1. The van der Waals surface area contributed by atoms with Crippen LogP contribution in [0.5, 0.6) is 0 Å². The molecule has 0 aromatic heterocycles. The van der Waals surface area contributed by atoms with Crippen molar-refractivity contribution in [2.75, 3.05) is 6.54 Å². The lowest BCUT2D eigenvalue weighted by molar-refractivity contribution is -0.143. The van der Waals surface area contributed by atoms with E-state index in [9.17, 15) is 19.2 Å². The first-order valence-corrected chi connectivity index (χ1v) is 11.3. The van der Waals surface area contributed by atoms with Crippen LogP contribution in [0.15, 0.2) is 30.3 Å². The Morgan fingerprint density at radius 1 is 1.06 bits per heavy atom. The number of nitrogens with zero attached hydrogens (tertiary/aromatic N) is 1. The molecule has 9 heteroatoms. The van der Waals surface area contributed by atoms with Crippen molar-refractivity contribution in [3.05, 3.63) is 35.9 Å². The topological polar surface area (TPSA) is 131 Å². The van der Waals surface area contributed by atoms with Gasteiger partial charge in [0.2, 0.25) is 17.7 Å². The molecule has 0 radical (unpaired) electrons. The van der Waals surface area contributed by atoms with E-state index in [0.29, 0.717) is 12.0 Å². The third kappa shape index (κ3) is 9.93. The Morgan fingerprint density at radius 3 is 2.15 bits per heavy atom. The van der Waals surface area contributed by atoms with Gasteiger partial charge in [0.05, 0.1) is 6.42 Å². The molecule has 0 spiro atoms. The molecule has 0 aliphatic heterocycles. The molecule has 2 atom stereocenters. The summed E-state index contributed by atoms with van der Waals surface area (Å²) in [7, 11) is 0. The van der Waals surface area contributed by atoms with Gasteiger partial charge in [0.1, 0.15) is 17.7 Å². The maximum atomic E-state index is 13.7. The summed E-state index contributed by atoms with van der Waals surface area (Å²) < 4.78 is 5.25. The maximum Gasteiger partial charge on any atom is 0.408 e. The van der Waals surface area contributed by atoms with Gasteiger partial charge in [0.15, 0.2) is 0 Å². The molecule has 33 heavy (non-hydrogen) atoms. The minimum Gasteiger partial charge on any atom is -0.444 e. The van der Waals surface area contributed by atoms with Crippen molar-refractivity contribution in [3.63, 3.8) is 0 Å². The van der Waals surface area contributed by atoms with Crippen LogP contribution in [0.3, 0.4) is 0 Å². The molecule has 0 bridgehead atoms. The predicted octanol–water partition coefficient (Wildman–Crippen LogP) is 2.65. The Hall–Kier alpha value is -3.10. The maximum absolute atomic E-state index is 13.7. The highest BCUT2D eigenvalue weighted by Crippen LogP contribution is 2.24. The molecule has 0 fully saturated rings. The van der Waals surface area contributed by atoms with Gasteiger partial charge >= 0.3 is 6.09 Å². The van der Waals surface area contributed by atoms with Crippen molar-refractivity contribution in [1.82, 2.24) is 15.5 Å². The Morgan fingerprint density at radius 2 is 1.67 bits per heavy atom. The van der Waals surface area contributed by atoms with Crippen molar-refractivity contribution in [2.45, 2.75) is 84.5 Å². The molecule has 1 aromatic rings. The van der Waals surface area contributed by atoms with Crippen LogP contribution < -0.4 is 16.4 Å². The van der Waals surface area contributed by atoms with E-state index in [0.717, 1.165) is 6.42 Å². The second-order valence-electron chi connectivity index (χ2n) is 9.23. The fourth-order valence-corrected chi connectivity index (χ4v) is 3.22. The number of benzene rings is 1. The third-order valence-corrected chi connectivity index (χ3v) is 4.54. The zero-order valence-electron chi connectivity index (χ0n) is 20.5. The fourth-order valence-electron chi connectivity index (χ4n) is 3.22. The molecule has 4 amide bonds. The van der Waals surface area contributed by atoms with Gasteiger partial charge in [0, 0.05) is 12.6 Å². The van der Waals surface area contributed by atoms with Crippen molar-refractivity contribution < 1.29 is 23.9 Å². The van der Waals surface area contributed by atoms with E-state index >= 15 is 0 Å². The molecule has 9 nitrogen and oxygen atoms in total. The lowest BCUT2D eigenvalue weighted by Gasteiger charge is -2.34. The molecule has 0 saturated heterocycles. The zero-order chi connectivity index (χ0) is 25.2. The largest absolute Gasteiger partial charge is 0.444 e. The SMILES string of the molecule is CCCCN(C(=O)C(CC(N)=O)NC(=O)OC(C)(C)C)C(C(=O)NC(C)C)c1ccccc1. The summed E-state index contributed by atoms with van der Waals surface area (Å²) >= 11 is 0. The fraction of sp³-hybridized carbons (Fsp3) is 0.583. The average Bonchev–Trinajstić information content (AvgIpc) is 2.68. The minimum atomic E-state index is -1.27. The lowest BCUT2D eigenvalue weighted by atomic mass is 10.0. The van der Waals surface area contributed by atoms with Crippen LogP contribution in [0.4, 0.5) is 4.79 Å². The lowest BCUT2D eigenvalue weighted by Crippen LogP contribution is -2.54. The van der Waals surface area contributed by atoms with Crippen LogP contribution in [0, 0.1) is 0 Å². The quantitative estimate of drug-likeness (QED) is 0.465. The summed E-state index contributed by atoms with van der Waals surface area (Å²) in [5, 5.41) is 5.33. The second-order valence-corrected chi connectivity index (χ2v) is 9.23. The Labute approximate surface area is 196 Å². The molecule has 0 saturated carbocycles. The van der Waals surface area contributed by atoms with Crippen LogP contribution >= 0.6 is 0 Å². The second kappa shape index (κ2) is 12.8. The first kappa shape index (κ1) is 27.9. The van der Waals surface area contributed by atoms with Crippen LogP contribution in [-0.4, -0.2) is 52.9 Å². The minimum absolute atomic E-state index is 0.145. The van der Waals surface area contributed by atoms with Gasteiger partial charge < -0.3 is 26.0 Å². The summed E-state index contributed by atoms with van der Waals surface area (Å²) in [5.41, 5.74) is 5.19. The van der Waals surface area contributed by atoms with Crippen molar-refractivity contribution in [2.24, 2.45) is 5.73 Å². The van der Waals surface area contributed by atoms with Crippen LogP contribution in [0.2, 0.25) is 0 Å². The molecule has 2 unspecified atom stereocenters. The number of primary amides is 1. The third-order valence-electron chi connectivity index (χ3n) is 4.54. The van der Waals surface area contributed by atoms with Gasteiger partial charge in [-0.05, 0) is 46.6 Å². The van der Waals surface area contributed by atoms with E-state index in [-0.39, 0.29) is 18.5 Å². The van der Waals surface area contributed by atoms with Crippen molar-refractivity contribution >= 4 is 23.8 Å². The van der Waals surface area contributed by atoms with Gasteiger partial charge in [-0.15, -0.1) is 0 Å². The Kier molecular flexibility index (Phi) is 10.8. The van der Waals surface area contributed by atoms with E-state index in [1.54, 1.807) is 45.0 Å². The number of hydrogen-bond acceptors (Lipinski definition) is 5. The van der Waals surface area contributed by atoms with E-state index in [4.69, 9.17) is 10.5 Å². The van der Waals surface area contributed by atoms with Gasteiger partial charge in [0.25, 0.3) is 0 Å². The highest BCUT2D eigenvalue weighted by molar-refractivity contribution is 5.94. The molecule has 184 valence electrons. The molecule has 0 aliphatic carbocycles. The van der Waals surface area contributed by atoms with E-state index < -0.39 is 42.0 Å². The van der Waals surface area contributed by atoms with Gasteiger partial charge in [-0.1, -0.05) is 43.7 Å². The normalized spacial score (nSPS) is 13.1. The first-order chi connectivity index (χ1) is 15.4. The van der Waals surface area contributed by atoms with Gasteiger partial charge in [-0.3, -0.25) is 14.4 Å². The van der Waals surface area contributed by atoms with Crippen molar-refractivity contribution in [1.29, 1.82) is 0 Å². The number of carbonyl (C=O) groups excluding carboxylic acids is 4. The van der Waals surface area contributed by atoms with E-state index in [1.165, 1.54) is 4.90 Å². The number of hydrogen-bond donors (Lipinski definition) is 3. The molecule has 4 N–H and O–H groups in total. The predicted molar refractivity (Wildman–Crippen MR) is 126 cm³/mol. The number of amides is 4. The molecule has 0 heterocycles. The first-order valence-electron chi connectivity index (χ1n) is 11.3. The number of ether oxygens (including phenoxy) is 1. The summed E-state index contributed by atoms with van der Waals surface area (Å²) in [5.74, 6) is -1.70. The average molecular weight is 463 g/mol. The van der Waals surface area contributed by atoms with Gasteiger partial charge in [-0.2, -0.15) is 0 Å². The van der Waals surface area contributed by atoms with Crippen molar-refractivity contribution in [3.8, 4) is 0 Å². The molecular weight excluding hydrogens is 424 g/mol. The molecule has 1 aromatic carbocycles. The smallest absolute Gasteiger partial charge is 0.408 e. The highest BCUT2D eigenvalue weighted by atomic mass is 16.6. The Bertz CT molecular complexity index is 805. The molecule has 1 rings (SSSR count). The summed E-state index contributed by atoms with van der Waals surface area (Å²) in [6.45, 7) is 10.9. The number of nitrogens with one attached hydrogen (secondary N) is 2. The standard InChI is InChI=1S/C24H38N4O5/c1-7-8-14-28(20(21(30)26-16(2)3)17-12-10-9-11-13-17)22(31)18(15-19(25)29)27-23(32)33-24(4,5)6/h9-13,16,18,20H,7-8,14-15H2,1-6H3,(H2,25,29)(H,26,30)(H,27,32). The number of nitrogens with two attached hydrogens (primary N) is 1. The van der Waals surface area contributed by atoms with Crippen LogP contribution in [-0.2, 0) is 19.1 Å². The Balaban J connectivity index is 3.39. The number of carbonyl (C=O) groups is 4. The van der Waals surface area contributed by atoms with Gasteiger partial charge in [-0.25, -0.2) is 4.79 Å². The number of alkyl carbamates (subject to hydrolysis) is 1. The van der Waals surface area contributed by atoms with Crippen LogP contribution in [0.25, 0.3) is 0 Å². The van der Waals surface area contributed by atoms with E-state index in [2.05, 4.69) is 10.6 Å².